The quantitative estimate of drug-likeness (QED) is 0.592. The van der Waals surface area contributed by atoms with Gasteiger partial charge in [-0.05, 0) is 43.6 Å². The normalized spacial score (nSPS) is 23.2. The van der Waals surface area contributed by atoms with Crippen LogP contribution in [0.2, 0.25) is 0 Å². The maximum Gasteiger partial charge on any atom is 0.0750 e. The summed E-state index contributed by atoms with van der Waals surface area (Å²) >= 11 is 1.50. The summed E-state index contributed by atoms with van der Waals surface area (Å²) in [7, 11) is 0. The van der Waals surface area contributed by atoms with Crippen molar-refractivity contribution in [2.24, 2.45) is 5.41 Å². The maximum absolute atomic E-state index is 5.54. The molecule has 1 rings (SSSR count). The van der Waals surface area contributed by atoms with Crippen LogP contribution in [0.25, 0.3) is 0 Å². The Morgan fingerprint density at radius 2 is 2.18 bits per heavy atom. The van der Waals surface area contributed by atoms with Crippen molar-refractivity contribution in [1.82, 2.24) is 0 Å². The van der Waals surface area contributed by atoms with Gasteiger partial charge < -0.3 is 4.18 Å². The molecule has 0 bridgehead atoms. The Labute approximate surface area is 74.1 Å². The van der Waals surface area contributed by atoms with E-state index in [1.54, 1.807) is 0 Å². The smallest absolute Gasteiger partial charge is 0.0750 e. The van der Waals surface area contributed by atoms with Crippen molar-refractivity contribution in [2.45, 2.75) is 45.6 Å². The van der Waals surface area contributed by atoms with Gasteiger partial charge in [0.25, 0.3) is 0 Å². The van der Waals surface area contributed by atoms with Gasteiger partial charge in [0.15, 0.2) is 0 Å². The molecule has 0 spiro atoms. The summed E-state index contributed by atoms with van der Waals surface area (Å²) in [6.45, 7) is 4.46. The maximum atomic E-state index is 5.54. The van der Waals surface area contributed by atoms with Crippen molar-refractivity contribution >= 4 is 12.0 Å². The van der Waals surface area contributed by atoms with Gasteiger partial charge in [-0.1, -0.05) is 13.3 Å². The van der Waals surface area contributed by atoms with Gasteiger partial charge in [-0.15, -0.1) is 0 Å². The topological polar surface area (TPSA) is 9.23 Å². The molecule has 1 saturated carbocycles. The number of rotatable bonds is 5. The van der Waals surface area contributed by atoms with Crippen LogP contribution in [0.3, 0.4) is 0 Å². The van der Waals surface area contributed by atoms with E-state index in [0.717, 1.165) is 0 Å². The highest BCUT2D eigenvalue weighted by Crippen LogP contribution is 2.53. The fraction of sp³-hybridized carbons (Fsp3) is 1.00. The third kappa shape index (κ3) is 2.12. The SMILES string of the molecule is CCCC1(C(C)OSC)CC1. The molecule has 66 valence electrons. The summed E-state index contributed by atoms with van der Waals surface area (Å²) in [5.74, 6) is 0. The van der Waals surface area contributed by atoms with Crippen LogP contribution in [0.4, 0.5) is 0 Å². The predicted molar refractivity (Wildman–Crippen MR) is 50.6 cm³/mol. The zero-order valence-electron chi connectivity index (χ0n) is 7.72. The van der Waals surface area contributed by atoms with Crippen molar-refractivity contribution < 1.29 is 4.18 Å². The first kappa shape index (κ1) is 9.40. The molecule has 1 aliphatic carbocycles. The first-order valence-corrected chi connectivity index (χ1v) is 5.59. The molecule has 0 heterocycles. The van der Waals surface area contributed by atoms with E-state index < -0.39 is 0 Å². The summed E-state index contributed by atoms with van der Waals surface area (Å²) in [4.78, 5) is 0. The van der Waals surface area contributed by atoms with E-state index in [4.69, 9.17) is 4.18 Å². The van der Waals surface area contributed by atoms with E-state index >= 15 is 0 Å². The molecular weight excluding hydrogens is 156 g/mol. The molecular formula is C9H18OS. The van der Waals surface area contributed by atoms with Gasteiger partial charge in [0.1, 0.15) is 0 Å². The average molecular weight is 174 g/mol. The van der Waals surface area contributed by atoms with Crippen LogP contribution in [0.1, 0.15) is 39.5 Å². The highest BCUT2D eigenvalue weighted by atomic mass is 32.2. The third-order valence-electron chi connectivity index (χ3n) is 2.74. The molecule has 0 aliphatic heterocycles. The van der Waals surface area contributed by atoms with E-state index in [1.807, 2.05) is 6.26 Å². The lowest BCUT2D eigenvalue weighted by atomic mass is 9.95. The van der Waals surface area contributed by atoms with Crippen molar-refractivity contribution in [3.8, 4) is 0 Å². The minimum absolute atomic E-state index is 0.456. The van der Waals surface area contributed by atoms with Crippen LogP contribution >= 0.6 is 12.0 Å². The Kier molecular flexibility index (Phi) is 3.26. The summed E-state index contributed by atoms with van der Waals surface area (Å²) in [5.41, 5.74) is 0.567. The zero-order chi connectivity index (χ0) is 8.32. The van der Waals surface area contributed by atoms with E-state index in [0.29, 0.717) is 11.5 Å². The highest BCUT2D eigenvalue weighted by Gasteiger charge is 2.47. The third-order valence-corrected chi connectivity index (χ3v) is 3.22. The second-order valence-corrected chi connectivity index (χ2v) is 4.04. The monoisotopic (exact) mass is 174 g/mol. The van der Waals surface area contributed by atoms with Crippen molar-refractivity contribution in [2.75, 3.05) is 6.26 Å². The molecule has 0 amide bonds. The molecule has 1 aliphatic rings. The number of hydrogen-bond donors (Lipinski definition) is 0. The van der Waals surface area contributed by atoms with Crippen molar-refractivity contribution in [3.05, 3.63) is 0 Å². The Bertz CT molecular complexity index is 121. The summed E-state index contributed by atoms with van der Waals surface area (Å²) < 4.78 is 5.54. The molecule has 1 nitrogen and oxygen atoms in total. The molecule has 0 N–H and O–H groups in total. The highest BCUT2D eigenvalue weighted by molar-refractivity contribution is 7.93. The molecule has 1 fully saturated rings. The molecule has 0 radical (unpaired) electrons. The van der Waals surface area contributed by atoms with Crippen LogP contribution in [0.5, 0.6) is 0 Å². The Hall–Kier alpha value is 0.310. The van der Waals surface area contributed by atoms with Gasteiger partial charge in [0.2, 0.25) is 0 Å². The summed E-state index contributed by atoms with van der Waals surface area (Å²) in [6, 6.07) is 0. The largest absolute Gasteiger partial charge is 0.312 e. The van der Waals surface area contributed by atoms with Crippen LogP contribution in [0.15, 0.2) is 0 Å². The molecule has 1 unspecified atom stereocenters. The minimum atomic E-state index is 0.456. The lowest BCUT2D eigenvalue weighted by Gasteiger charge is -2.21. The van der Waals surface area contributed by atoms with Gasteiger partial charge in [-0.3, -0.25) is 0 Å². The van der Waals surface area contributed by atoms with Crippen LogP contribution < -0.4 is 0 Å². The van der Waals surface area contributed by atoms with Crippen molar-refractivity contribution in [3.63, 3.8) is 0 Å². The Morgan fingerprint density at radius 1 is 1.55 bits per heavy atom. The molecule has 0 aromatic heterocycles. The van der Waals surface area contributed by atoms with Gasteiger partial charge in [-0.25, -0.2) is 0 Å². The summed E-state index contributed by atoms with van der Waals surface area (Å²) in [6.07, 6.45) is 7.85. The van der Waals surface area contributed by atoms with E-state index in [-0.39, 0.29) is 0 Å². The lowest BCUT2D eigenvalue weighted by molar-refractivity contribution is 0.156. The van der Waals surface area contributed by atoms with E-state index in [2.05, 4.69) is 13.8 Å². The van der Waals surface area contributed by atoms with Gasteiger partial charge >= 0.3 is 0 Å². The Balaban J connectivity index is 2.31. The molecule has 1 atom stereocenters. The van der Waals surface area contributed by atoms with Crippen molar-refractivity contribution in [1.29, 1.82) is 0 Å². The molecule has 0 aromatic carbocycles. The fourth-order valence-electron chi connectivity index (χ4n) is 1.76. The minimum Gasteiger partial charge on any atom is -0.312 e. The van der Waals surface area contributed by atoms with Crippen LogP contribution in [-0.4, -0.2) is 12.4 Å². The first-order valence-electron chi connectivity index (χ1n) is 4.44. The fourth-order valence-corrected chi connectivity index (χ4v) is 2.26. The van der Waals surface area contributed by atoms with E-state index in [9.17, 15) is 0 Å². The van der Waals surface area contributed by atoms with Gasteiger partial charge in [0.05, 0.1) is 6.10 Å². The lowest BCUT2D eigenvalue weighted by Crippen LogP contribution is -2.19. The second kappa shape index (κ2) is 3.81. The average Bonchev–Trinajstić information content (AvgIpc) is 2.71. The van der Waals surface area contributed by atoms with Crippen LogP contribution in [-0.2, 0) is 4.18 Å². The standard InChI is InChI=1S/C9H18OS/c1-4-5-9(6-7-9)8(2)10-11-3/h8H,4-7H2,1-3H3. The number of hydrogen-bond acceptors (Lipinski definition) is 2. The molecule has 2 heteroatoms. The zero-order valence-corrected chi connectivity index (χ0v) is 8.54. The summed E-state index contributed by atoms with van der Waals surface area (Å²) in [5, 5.41) is 0. The van der Waals surface area contributed by atoms with E-state index in [1.165, 1.54) is 37.7 Å². The molecule has 11 heavy (non-hydrogen) atoms. The first-order chi connectivity index (χ1) is 5.25. The van der Waals surface area contributed by atoms with Gasteiger partial charge in [0, 0.05) is 6.26 Å². The molecule has 0 aromatic rings. The Morgan fingerprint density at radius 3 is 2.55 bits per heavy atom. The van der Waals surface area contributed by atoms with Gasteiger partial charge in [-0.2, -0.15) is 0 Å². The molecule has 0 saturated heterocycles. The predicted octanol–water partition coefficient (Wildman–Crippen LogP) is 3.25. The van der Waals surface area contributed by atoms with Crippen LogP contribution in [0, 0.1) is 5.41 Å². The second-order valence-electron chi connectivity index (χ2n) is 3.52.